The zero-order valence-corrected chi connectivity index (χ0v) is 8.79. The Morgan fingerprint density at radius 1 is 1.56 bits per heavy atom. The van der Waals surface area contributed by atoms with Crippen molar-refractivity contribution in [1.82, 2.24) is 25.2 Å². The lowest BCUT2D eigenvalue weighted by molar-refractivity contribution is -0.116. The van der Waals surface area contributed by atoms with Gasteiger partial charge in [0.05, 0.1) is 0 Å². The lowest BCUT2D eigenvalue weighted by Crippen LogP contribution is -2.19. The van der Waals surface area contributed by atoms with Gasteiger partial charge in [-0.25, -0.2) is 9.67 Å². The lowest BCUT2D eigenvalue weighted by atomic mass is 10.4. The van der Waals surface area contributed by atoms with Gasteiger partial charge in [-0.1, -0.05) is 11.6 Å². The second-order valence-corrected chi connectivity index (χ2v) is 3.31. The molecule has 0 atom stereocenters. The highest BCUT2D eigenvalue weighted by molar-refractivity contribution is 6.29. The molecule has 0 aromatic carbocycles. The van der Waals surface area contributed by atoms with Crippen molar-refractivity contribution in [2.75, 3.05) is 5.32 Å². The first kappa shape index (κ1) is 10.5. The highest BCUT2D eigenvalue weighted by atomic mass is 35.5. The molecule has 0 spiro atoms. The number of halogens is 1. The molecule has 8 heteroatoms. The van der Waals surface area contributed by atoms with Gasteiger partial charge in [0.25, 0.3) is 0 Å². The normalized spacial score (nSPS) is 10.1. The van der Waals surface area contributed by atoms with Crippen LogP contribution in [-0.4, -0.2) is 31.1 Å². The zero-order valence-electron chi connectivity index (χ0n) is 8.04. The molecular weight excluding hydrogens is 232 g/mol. The number of hydrogen-bond acceptors (Lipinski definition) is 5. The lowest BCUT2D eigenvalue weighted by Gasteiger charge is -2.04. The van der Waals surface area contributed by atoms with E-state index in [-0.39, 0.29) is 12.5 Å². The Hall–Kier alpha value is -2.02. The van der Waals surface area contributed by atoms with Crippen molar-refractivity contribution in [1.29, 1.82) is 0 Å². The first-order valence-electron chi connectivity index (χ1n) is 4.36. The van der Waals surface area contributed by atoms with Crippen molar-refractivity contribution in [3.05, 3.63) is 29.8 Å². The molecule has 0 aliphatic rings. The fourth-order valence-corrected chi connectivity index (χ4v) is 1.25. The molecule has 1 N–H and O–H groups in total. The molecule has 0 radical (unpaired) electrons. The van der Waals surface area contributed by atoms with Crippen LogP contribution in [-0.2, 0) is 11.3 Å². The highest BCUT2D eigenvalue weighted by Crippen LogP contribution is 2.11. The maximum absolute atomic E-state index is 11.5. The zero-order chi connectivity index (χ0) is 11.4. The highest BCUT2D eigenvalue weighted by Gasteiger charge is 2.04. The number of carbonyl (C=O) groups is 1. The summed E-state index contributed by atoms with van der Waals surface area (Å²) in [5.74, 6) is -0.241. The molecule has 0 unspecified atom stereocenters. The van der Waals surface area contributed by atoms with Gasteiger partial charge in [0.15, 0.2) is 0 Å². The molecule has 0 aliphatic carbocycles. The molecule has 2 aromatic rings. The summed E-state index contributed by atoms with van der Waals surface area (Å²) in [5, 5.41) is 13.4. The van der Waals surface area contributed by atoms with E-state index in [1.807, 2.05) is 0 Å². The van der Waals surface area contributed by atoms with E-state index in [9.17, 15) is 4.79 Å². The van der Waals surface area contributed by atoms with Gasteiger partial charge in [-0.15, -0.1) is 5.10 Å². The molecule has 7 nitrogen and oxygen atoms in total. The van der Waals surface area contributed by atoms with E-state index >= 15 is 0 Å². The van der Waals surface area contributed by atoms with Gasteiger partial charge in [-0.3, -0.25) is 4.79 Å². The topological polar surface area (TPSA) is 85.6 Å². The average Bonchev–Trinajstić information content (AvgIpc) is 2.70. The van der Waals surface area contributed by atoms with Gasteiger partial charge < -0.3 is 5.32 Å². The van der Waals surface area contributed by atoms with Crippen LogP contribution in [0.15, 0.2) is 24.7 Å². The van der Waals surface area contributed by atoms with Crippen LogP contribution in [0.1, 0.15) is 0 Å². The Kier molecular flexibility index (Phi) is 3.06. The van der Waals surface area contributed by atoms with Crippen LogP contribution >= 0.6 is 11.6 Å². The van der Waals surface area contributed by atoms with Crippen LogP contribution < -0.4 is 5.32 Å². The average molecular weight is 239 g/mol. The summed E-state index contributed by atoms with van der Waals surface area (Å²) < 4.78 is 1.32. The summed E-state index contributed by atoms with van der Waals surface area (Å²) in [5.41, 5.74) is 0.582. The number of hydrogen-bond donors (Lipinski definition) is 1. The third-order valence-electron chi connectivity index (χ3n) is 1.71. The molecule has 0 bridgehead atoms. The Morgan fingerprint density at radius 2 is 2.44 bits per heavy atom. The van der Waals surface area contributed by atoms with Crippen molar-refractivity contribution < 1.29 is 4.79 Å². The Labute approximate surface area is 95.4 Å². The quantitative estimate of drug-likeness (QED) is 0.781. The van der Waals surface area contributed by atoms with Crippen LogP contribution in [0.3, 0.4) is 0 Å². The molecule has 0 saturated heterocycles. The van der Waals surface area contributed by atoms with E-state index in [4.69, 9.17) is 11.6 Å². The molecule has 82 valence electrons. The Bertz CT molecular complexity index is 485. The standard InChI is InChI=1S/C8H7ClN6O/c9-7-3-6(1-2-10-7)12-8(16)4-15-5-11-13-14-15/h1-3,5H,4H2,(H,10,12,16). The molecule has 0 aliphatic heterocycles. The minimum absolute atomic E-state index is 0.0486. The SMILES string of the molecule is O=C(Cn1cnnn1)Nc1ccnc(Cl)c1. The van der Waals surface area contributed by atoms with Crippen LogP contribution in [0.4, 0.5) is 5.69 Å². The van der Waals surface area contributed by atoms with Crippen LogP contribution in [0.2, 0.25) is 5.15 Å². The molecule has 0 saturated carbocycles. The summed E-state index contributed by atoms with van der Waals surface area (Å²) in [7, 11) is 0. The van der Waals surface area contributed by atoms with Crippen molar-refractivity contribution in [2.24, 2.45) is 0 Å². The number of pyridine rings is 1. The van der Waals surface area contributed by atoms with Crippen LogP contribution in [0.5, 0.6) is 0 Å². The number of nitrogens with one attached hydrogen (secondary N) is 1. The van der Waals surface area contributed by atoms with Crippen molar-refractivity contribution in [2.45, 2.75) is 6.54 Å². The third-order valence-corrected chi connectivity index (χ3v) is 1.91. The number of rotatable bonds is 3. The smallest absolute Gasteiger partial charge is 0.246 e. The fourth-order valence-electron chi connectivity index (χ4n) is 1.08. The van der Waals surface area contributed by atoms with E-state index < -0.39 is 0 Å². The van der Waals surface area contributed by atoms with Crippen LogP contribution in [0, 0.1) is 0 Å². The van der Waals surface area contributed by atoms with Crippen LogP contribution in [0.25, 0.3) is 0 Å². The molecule has 2 heterocycles. The van der Waals surface area contributed by atoms with Crippen molar-refractivity contribution >= 4 is 23.2 Å². The number of carbonyl (C=O) groups excluding carboxylic acids is 1. The summed E-state index contributed by atoms with van der Waals surface area (Å²) in [6, 6.07) is 3.20. The van der Waals surface area contributed by atoms with Gasteiger partial charge in [0, 0.05) is 11.9 Å². The van der Waals surface area contributed by atoms with E-state index in [2.05, 4.69) is 25.8 Å². The van der Waals surface area contributed by atoms with Gasteiger partial charge >= 0.3 is 0 Å². The van der Waals surface area contributed by atoms with E-state index in [0.717, 1.165) is 0 Å². The second-order valence-electron chi connectivity index (χ2n) is 2.92. The van der Waals surface area contributed by atoms with Crippen molar-refractivity contribution in [3.63, 3.8) is 0 Å². The van der Waals surface area contributed by atoms with Gasteiger partial charge in [0.1, 0.15) is 18.0 Å². The minimum atomic E-state index is -0.241. The predicted octanol–water partition coefficient (Wildman–Crippen LogP) is 0.360. The first-order chi connectivity index (χ1) is 7.74. The molecular formula is C8H7ClN6O. The maximum atomic E-state index is 11.5. The number of tetrazole rings is 1. The number of anilines is 1. The number of amides is 1. The second kappa shape index (κ2) is 4.67. The van der Waals surface area contributed by atoms with Gasteiger partial charge in [-0.2, -0.15) is 0 Å². The summed E-state index contributed by atoms with van der Waals surface area (Å²) in [6.07, 6.45) is 2.87. The summed E-state index contributed by atoms with van der Waals surface area (Å²) in [4.78, 5) is 15.3. The molecule has 2 aromatic heterocycles. The Balaban J connectivity index is 1.97. The van der Waals surface area contributed by atoms with Gasteiger partial charge in [-0.05, 0) is 22.6 Å². The van der Waals surface area contributed by atoms with Gasteiger partial charge in [0.2, 0.25) is 5.91 Å². The molecule has 2 rings (SSSR count). The fraction of sp³-hybridized carbons (Fsp3) is 0.125. The maximum Gasteiger partial charge on any atom is 0.246 e. The minimum Gasteiger partial charge on any atom is -0.324 e. The largest absolute Gasteiger partial charge is 0.324 e. The summed E-state index contributed by atoms with van der Waals surface area (Å²) >= 11 is 5.67. The first-order valence-corrected chi connectivity index (χ1v) is 4.74. The Morgan fingerprint density at radius 3 is 3.12 bits per heavy atom. The third kappa shape index (κ3) is 2.74. The van der Waals surface area contributed by atoms with E-state index in [1.54, 1.807) is 12.1 Å². The van der Waals surface area contributed by atoms with E-state index in [1.165, 1.54) is 17.2 Å². The van der Waals surface area contributed by atoms with Crippen molar-refractivity contribution in [3.8, 4) is 0 Å². The monoisotopic (exact) mass is 238 g/mol. The predicted molar refractivity (Wildman–Crippen MR) is 55.7 cm³/mol. The molecule has 16 heavy (non-hydrogen) atoms. The molecule has 1 amide bonds. The summed E-state index contributed by atoms with van der Waals surface area (Å²) in [6.45, 7) is 0.0486. The van der Waals surface area contributed by atoms with E-state index in [0.29, 0.717) is 10.8 Å². The number of aromatic nitrogens is 5. The number of nitrogens with zero attached hydrogens (tertiary/aromatic N) is 5. The molecule has 0 fully saturated rings.